The lowest BCUT2D eigenvalue weighted by Crippen LogP contribution is -2.21. The molecule has 0 radical (unpaired) electrons. The summed E-state index contributed by atoms with van der Waals surface area (Å²) < 4.78 is 1.50. The van der Waals surface area contributed by atoms with Crippen molar-refractivity contribution in [3.63, 3.8) is 0 Å². The number of anilines is 1. The Morgan fingerprint density at radius 2 is 2.14 bits per heavy atom. The molecule has 1 heterocycles. The quantitative estimate of drug-likeness (QED) is 0.624. The van der Waals surface area contributed by atoms with E-state index in [0.717, 1.165) is 0 Å². The van der Waals surface area contributed by atoms with Gasteiger partial charge in [0.1, 0.15) is 5.82 Å². The first-order valence-corrected chi connectivity index (χ1v) is 4.33. The number of aromatic nitrogens is 2. The second kappa shape index (κ2) is 2.83. The number of rotatable bonds is 0. The number of aryl methyl sites for hydroxylation is 1. The van der Waals surface area contributed by atoms with Gasteiger partial charge < -0.3 is 5.73 Å². The standard InChI is InChI=1S/C10H11N3O/c1-6-12-8-5-3-4-7(11)9(8)10(14)13(6)2/h3-5H,11H2,1-2H3. The fourth-order valence-electron chi connectivity index (χ4n) is 1.45. The molecule has 0 fully saturated rings. The summed E-state index contributed by atoms with van der Waals surface area (Å²) in [4.78, 5) is 16.1. The van der Waals surface area contributed by atoms with Gasteiger partial charge in [0, 0.05) is 12.7 Å². The highest BCUT2D eigenvalue weighted by atomic mass is 16.1. The summed E-state index contributed by atoms with van der Waals surface area (Å²) in [5, 5.41) is 0.501. The fourth-order valence-corrected chi connectivity index (χ4v) is 1.45. The second-order valence-corrected chi connectivity index (χ2v) is 3.26. The first-order valence-electron chi connectivity index (χ1n) is 4.33. The zero-order valence-electron chi connectivity index (χ0n) is 8.11. The molecule has 4 nitrogen and oxygen atoms in total. The van der Waals surface area contributed by atoms with E-state index in [0.29, 0.717) is 22.4 Å². The molecular formula is C10H11N3O. The van der Waals surface area contributed by atoms with Gasteiger partial charge in [-0.25, -0.2) is 4.98 Å². The highest BCUT2D eigenvalue weighted by molar-refractivity contribution is 5.89. The number of hydrogen-bond donors (Lipinski definition) is 1. The normalized spacial score (nSPS) is 10.7. The lowest BCUT2D eigenvalue weighted by Gasteiger charge is -2.06. The molecule has 0 aliphatic carbocycles. The van der Waals surface area contributed by atoms with Crippen LogP contribution in [0.3, 0.4) is 0 Å². The summed E-state index contributed by atoms with van der Waals surface area (Å²) >= 11 is 0. The van der Waals surface area contributed by atoms with Gasteiger partial charge in [-0.05, 0) is 19.1 Å². The van der Waals surface area contributed by atoms with Crippen LogP contribution in [0.15, 0.2) is 23.0 Å². The highest BCUT2D eigenvalue weighted by Gasteiger charge is 2.06. The van der Waals surface area contributed by atoms with E-state index in [4.69, 9.17) is 5.73 Å². The first-order chi connectivity index (χ1) is 6.61. The molecule has 0 bridgehead atoms. The van der Waals surface area contributed by atoms with Crippen LogP contribution in [0.1, 0.15) is 5.82 Å². The Morgan fingerprint density at radius 1 is 1.43 bits per heavy atom. The maximum absolute atomic E-state index is 11.8. The number of nitrogens with zero attached hydrogens (tertiary/aromatic N) is 2. The Morgan fingerprint density at radius 3 is 2.86 bits per heavy atom. The molecule has 1 aromatic carbocycles. The van der Waals surface area contributed by atoms with E-state index in [1.165, 1.54) is 4.57 Å². The number of benzene rings is 1. The predicted octanol–water partition coefficient (Wildman–Crippen LogP) is 0.824. The molecule has 0 saturated carbocycles. The van der Waals surface area contributed by atoms with Crippen molar-refractivity contribution in [2.75, 3.05) is 5.73 Å². The minimum atomic E-state index is -0.0920. The van der Waals surface area contributed by atoms with Crippen LogP contribution in [0, 0.1) is 6.92 Å². The van der Waals surface area contributed by atoms with Crippen LogP contribution in [-0.4, -0.2) is 9.55 Å². The molecule has 0 saturated heterocycles. The molecule has 14 heavy (non-hydrogen) atoms. The minimum Gasteiger partial charge on any atom is -0.398 e. The fraction of sp³-hybridized carbons (Fsp3) is 0.200. The summed E-state index contributed by atoms with van der Waals surface area (Å²) in [6.45, 7) is 1.80. The van der Waals surface area contributed by atoms with Crippen molar-refractivity contribution in [1.29, 1.82) is 0 Å². The van der Waals surface area contributed by atoms with Gasteiger partial charge in [-0.3, -0.25) is 9.36 Å². The Hall–Kier alpha value is -1.84. The molecule has 0 aliphatic heterocycles. The van der Waals surface area contributed by atoms with Crippen LogP contribution in [0.2, 0.25) is 0 Å². The van der Waals surface area contributed by atoms with Gasteiger partial charge >= 0.3 is 0 Å². The van der Waals surface area contributed by atoms with Crippen molar-refractivity contribution in [1.82, 2.24) is 9.55 Å². The van der Waals surface area contributed by atoms with Gasteiger partial charge in [-0.15, -0.1) is 0 Å². The van der Waals surface area contributed by atoms with Crippen LogP contribution in [-0.2, 0) is 7.05 Å². The van der Waals surface area contributed by atoms with Crippen LogP contribution >= 0.6 is 0 Å². The van der Waals surface area contributed by atoms with Gasteiger partial charge in [-0.2, -0.15) is 0 Å². The van der Waals surface area contributed by atoms with E-state index < -0.39 is 0 Å². The average Bonchev–Trinajstić information content (AvgIpc) is 2.14. The smallest absolute Gasteiger partial charge is 0.263 e. The van der Waals surface area contributed by atoms with Gasteiger partial charge in [0.2, 0.25) is 0 Å². The van der Waals surface area contributed by atoms with E-state index in [2.05, 4.69) is 4.98 Å². The third-order valence-electron chi connectivity index (χ3n) is 2.36. The molecule has 4 heteroatoms. The SMILES string of the molecule is Cc1nc2cccc(N)c2c(=O)n1C. The largest absolute Gasteiger partial charge is 0.398 e. The number of fused-ring (bicyclic) bond motifs is 1. The third kappa shape index (κ3) is 1.08. The molecule has 2 rings (SSSR count). The van der Waals surface area contributed by atoms with Gasteiger partial charge in [0.25, 0.3) is 5.56 Å². The predicted molar refractivity (Wildman–Crippen MR) is 56.1 cm³/mol. The molecule has 0 amide bonds. The van der Waals surface area contributed by atoms with Crippen LogP contribution < -0.4 is 11.3 Å². The van der Waals surface area contributed by atoms with E-state index in [9.17, 15) is 4.79 Å². The summed E-state index contributed by atoms with van der Waals surface area (Å²) in [5.41, 5.74) is 6.77. The summed E-state index contributed by atoms with van der Waals surface area (Å²) in [6.07, 6.45) is 0. The molecule has 0 unspecified atom stereocenters. The van der Waals surface area contributed by atoms with Gasteiger partial charge in [0.05, 0.1) is 10.9 Å². The average molecular weight is 189 g/mol. The zero-order chi connectivity index (χ0) is 10.3. The Balaban J connectivity index is 3.07. The number of nitrogen functional groups attached to an aromatic ring is 1. The van der Waals surface area contributed by atoms with Crippen LogP contribution in [0.25, 0.3) is 10.9 Å². The summed E-state index contributed by atoms with van der Waals surface area (Å²) in [7, 11) is 1.69. The van der Waals surface area contributed by atoms with Gasteiger partial charge in [-0.1, -0.05) is 6.07 Å². The lowest BCUT2D eigenvalue weighted by molar-refractivity contribution is 0.793. The molecule has 1 aromatic heterocycles. The summed E-state index contributed by atoms with van der Waals surface area (Å²) in [6, 6.07) is 5.30. The molecular weight excluding hydrogens is 178 g/mol. The van der Waals surface area contributed by atoms with Crippen LogP contribution in [0.5, 0.6) is 0 Å². The van der Waals surface area contributed by atoms with Crippen molar-refractivity contribution in [2.24, 2.45) is 7.05 Å². The number of hydrogen-bond acceptors (Lipinski definition) is 3. The molecule has 0 atom stereocenters. The first kappa shape index (κ1) is 8.74. The van der Waals surface area contributed by atoms with Crippen molar-refractivity contribution in [3.8, 4) is 0 Å². The monoisotopic (exact) mass is 189 g/mol. The maximum Gasteiger partial charge on any atom is 0.263 e. The zero-order valence-corrected chi connectivity index (χ0v) is 8.11. The van der Waals surface area contributed by atoms with Crippen molar-refractivity contribution >= 4 is 16.6 Å². The van der Waals surface area contributed by atoms with Crippen molar-refractivity contribution in [2.45, 2.75) is 6.92 Å². The maximum atomic E-state index is 11.8. The molecule has 72 valence electrons. The second-order valence-electron chi connectivity index (χ2n) is 3.26. The van der Waals surface area contributed by atoms with Crippen LogP contribution in [0.4, 0.5) is 5.69 Å². The van der Waals surface area contributed by atoms with E-state index in [1.54, 1.807) is 32.2 Å². The minimum absolute atomic E-state index is 0.0920. The Kier molecular flexibility index (Phi) is 1.77. The van der Waals surface area contributed by atoms with E-state index in [1.807, 2.05) is 0 Å². The highest BCUT2D eigenvalue weighted by Crippen LogP contribution is 2.14. The Bertz CT molecular complexity index is 557. The third-order valence-corrected chi connectivity index (χ3v) is 2.36. The van der Waals surface area contributed by atoms with Gasteiger partial charge in [0.15, 0.2) is 0 Å². The lowest BCUT2D eigenvalue weighted by atomic mass is 10.2. The molecule has 0 spiro atoms. The molecule has 0 aliphatic rings. The topological polar surface area (TPSA) is 60.9 Å². The van der Waals surface area contributed by atoms with E-state index in [-0.39, 0.29) is 5.56 Å². The molecule has 2 N–H and O–H groups in total. The molecule has 2 aromatic rings. The number of nitrogens with two attached hydrogens (primary N) is 1. The summed E-state index contributed by atoms with van der Waals surface area (Å²) in [5.74, 6) is 0.688. The van der Waals surface area contributed by atoms with E-state index >= 15 is 0 Å². The Labute approximate surface area is 81.0 Å². The van der Waals surface area contributed by atoms with Crippen molar-refractivity contribution in [3.05, 3.63) is 34.4 Å². The van der Waals surface area contributed by atoms with Crippen molar-refractivity contribution < 1.29 is 0 Å².